The van der Waals surface area contributed by atoms with Gasteiger partial charge in [-0.25, -0.2) is 0 Å². The van der Waals surface area contributed by atoms with Crippen LogP contribution < -0.4 is 5.32 Å². The molecular weight excluding hydrogens is 288 g/mol. The third kappa shape index (κ3) is 3.26. The zero-order valence-corrected chi connectivity index (χ0v) is 13.6. The number of likely N-dealkylation sites (tertiary alicyclic amines) is 1. The van der Waals surface area contributed by atoms with E-state index in [-0.39, 0.29) is 5.60 Å². The zero-order valence-electron chi connectivity index (χ0n) is 13.6. The fourth-order valence-corrected chi connectivity index (χ4v) is 3.87. The van der Waals surface area contributed by atoms with Crippen LogP contribution in [-0.4, -0.2) is 46.0 Å². The first-order valence-corrected chi connectivity index (χ1v) is 8.36. The summed E-state index contributed by atoms with van der Waals surface area (Å²) >= 11 is 0. The fraction of sp³-hybridized carbons (Fsp3) is 0.500. The molecule has 2 aliphatic rings. The average molecular weight is 312 g/mol. The van der Waals surface area contributed by atoms with Crippen LogP contribution in [0.2, 0.25) is 0 Å². The maximum Gasteiger partial charge on any atom is 0.0842 e. The molecule has 5 heteroatoms. The van der Waals surface area contributed by atoms with Gasteiger partial charge in [0.05, 0.1) is 24.4 Å². The predicted molar refractivity (Wildman–Crippen MR) is 90.3 cm³/mol. The minimum absolute atomic E-state index is 0.0364. The maximum atomic E-state index is 6.23. The van der Waals surface area contributed by atoms with Crippen LogP contribution >= 0.6 is 0 Å². The Hall–Kier alpha value is -1.85. The van der Waals surface area contributed by atoms with Crippen molar-refractivity contribution in [1.29, 1.82) is 0 Å². The number of nitrogens with zero attached hydrogens (tertiary/aromatic N) is 3. The minimum Gasteiger partial charge on any atom is -0.380 e. The summed E-state index contributed by atoms with van der Waals surface area (Å²) in [5.41, 5.74) is 2.50. The normalized spacial score (nSPS) is 27.8. The summed E-state index contributed by atoms with van der Waals surface area (Å²) in [6.07, 6.45) is 6.27. The lowest BCUT2D eigenvalue weighted by Crippen LogP contribution is -2.33. The van der Waals surface area contributed by atoms with Crippen LogP contribution in [0, 0.1) is 0 Å². The minimum atomic E-state index is 0.0364. The molecule has 2 saturated heterocycles. The smallest absolute Gasteiger partial charge is 0.0842 e. The van der Waals surface area contributed by atoms with Crippen molar-refractivity contribution in [2.75, 3.05) is 25.0 Å². The molecule has 0 saturated carbocycles. The van der Waals surface area contributed by atoms with Crippen LogP contribution in [0.15, 0.2) is 42.7 Å². The Morgan fingerprint density at radius 1 is 1.35 bits per heavy atom. The quantitative estimate of drug-likeness (QED) is 0.940. The Morgan fingerprint density at radius 3 is 3.00 bits per heavy atom. The number of ether oxygens (including phenoxy) is 1. The van der Waals surface area contributed by atoms with Crippen molar-refractivity contribution < 1.29 is 4.74 Å². The Balaban J connectivity index is 1.34. The Kier molecular flexibility index (Phi) is 3.83. The second-order valence-electron chi connectivity index (χ2n) is 6.89. The van der Waals surface area contributed by atoms with Gasteiger partial charge in [-0.1, -0.05) is 18.2 Å². The van der Waals surface area contributed by atoms with Gasteiger partial charge in [-0.3, -0.25) is 9.58 Å². The standard InChI is InChI=1S/C18H24N4O/c1-21-11-15(10-19-21)12-22-8-7-18(14-22)9-17(13-23-18)20-16-5-3-2-4-6-16/h2-6,10-11,17,20H,7-9,12-14H2,1H3. The van der Waals surface area contributed by atoms with Crippen LogP contribution in [0.4, 0.5) is 5.69 Å². The van der Waals surface area contributed by atoms with Gasteiger partial charge in [0.15, 0.2) is 0 Å². The van der Waals surface area contributed by atoms with Crippen LogP contribution in [0.5, 0.6) is 0 Å². The molecular formula is C18H24N4O. The number of aromatic nitrogens is 2. The van der Waals surface area contributed by atoms with Crippen LogP contribution in [0.1, 0.15) is 18.4 Å². The zero-order chi connectivity index (χ0) is 15.7. The Morgan fingerprint density at radius 2 is 2.22 bits per heavy atom. The molecule has 2 fully saturated rings. The van der Waals surface area contributed by atoms with Crippen molar-refractivity contribution in [3.8, 4) is 0 Å². The van der Waals surface area contributed by atoms with Crippen molar-refractivity contribution in [1.82, 2.24) is 14.7 Å². The maximum absolute atomic E-state index is 6.23. The molecule has 1 spiro atoms. The lowest BCUT2D eigenvalue weighted by atomic mass is 9.97. The SMILES string of the molecule is Cn1cc(CN2CCC3(CC(Nc4ccccc4)CO3)C2)cn1. The van der Waals surface area contributed by atoms with Crippen LogP contribution in [-0.2, 0) is 18.3 Å². The molecule has 2 unspecified atom stereocenters. The number of aryl methyl sites for hydroxylation is 1. The van der Waals surface area contributed by atoms with E-state index < -0.39 is 0 Å². The van der Waals surface area contributed by atoms with Crippen LogP contribution in [0.25, 0.3) is 0 Å². The molecule has 2 atom stereocenters. The molecule has 2 aromatic rings. The number of hydrogen-bond acceptors (Lipinski definition) is 4. The number of benzene rings is 1. The van der Waals surface area contributed by atoms with Crippen molar-refractivity contribution in [3.63, 3.8) is 0 Å². The second kappa shape index (κ2) is 5.98. The number of nitrogens with one attached hydrogen (secondary N) is 1. The highest BCUT2D eigenvalue weighted by atomic mass is 16.5. The molecule has 0 bridgehead atoms. The Labute approximate surface area is 137 Å². The van der Waals surface area contributed by atoms with E-state index in [4.69, 9.17) is 4.74 Å². The summed E-state index contributed by atoms with van der Waals surface area (Å²) in [6.45, 7) is 3.90. The first-order valence-electron chi connectivity index (χ1n) is 8.36. The summed E-state index contributed by atoms with van der Waals surface area (Å²) in [5.74, 6) is 0. The highest BCUT2D eigenvalue weighted by Gasteiger charge is 2.45. The van der Waals surface area contributed by atoms with Crippen molar-refractivity contribution >= 4 is 5.69 Å². The van der Waals surface area contributed by atoms with Gasteiger partial charge in [-0.15, -0.1) is 0 Å². The summed E-state index contributed by atoms with van der Waals surface area (Å²) in [7, 11) is 1.97. The summed E-state index contributed by atoms with van der Waals surface area (Å²) in [4.78, 5) is 2.49. The van der Waals surface area contributed by atoms with Crippen molar-refractivity contribution in [2.45, 2.75) is 31.0 Å². The monoisotopic (exact) mass is 312 g/mol. The molecule has 3 heterocycles. The van der Waals surface area contributed by atoms with Gasteiger partial charge in [0.2, 0.25) is 0 Å². The molecule has 2 aliphatic heterocycles. The van der Waals surface area contributed by atoms with E-state index in [1.807, 2.05) is 24.0 Å². The van der Waals surface area contributed by atoms with Gasteiger partial charge >= 0.3 is 0 Å². The van der Waals surface area contributed by atoms with E-state index in [1.54, 1.807) is 0 Å². The fourth-order valence-electron chi connectivity index (χ4n) is 3.87. The third-order valence-corrected chi connectivity index (χ3v) is 4.91. The molecule has 1 aromatic heterocycles. The van der Waals surface area contributed by atoms with E-state index in [9.17, 15) is 0 Å². The lowest BCUT2D eigenvalue weighted by molar-refractivity contribution is 0.0120. The molecule has 4 rings (SSSR count). The second-order valence-corrected chi connectivity index (χ2v) is 6.89. The van der Waals surface area contributed by atoms with Crippen molar-refractivity contribution in [3.05, 3.63) is 48.3 Å². The molecule has 1 aromatic carbocycles. The predicted octanol–water partition coefficient (Wildman–Crippen LogP) is 2.27. The summed E-state index contributed by atoms with van der Waals surface area (Å²) < 4.78 is 8.10. The molecule has 0 aliphatic carbocycles. The topological polar surface area (TPSA) is 42.3 Å². The molecule has 5 nitrogen and oxygen atoms in total. The van der Waals surface area contributed by atoms with Gasteiger partial charge in [-0.05, 0) is 18.6 Å². The molecule has 1 N–H and O–H groups in total. The molecule has 23 heavy (non-hydrogen) atoms. The average Bonchev–Trinajstić information content (AvgIpc) is 3.24. The van der Waals surface area contributed by atoms with Gasteiger partial charge in [0, 0.05) is 50.6 Å². The summed E-state index contributed by atoms with van der Waals surface area (Å²) in [5, 5.41) is 7.86. The molecule has 0 amide bonds. The first kappa shape index (κ1) is 14.7. The number of hydrogen-bond donors (Lipinski definition) is 1. The molecule has 0 radical (unpaired) electrons. The van der Waals surface area contributed by atoms with Gasteiger partial charge in [0.25, 0.3) is 0 Å². The van der Waals surface area contributed by atoms with E-state index >= 15 is 0 Å². The van der Waals surface area contributed by atoms with Crippen molar-refractivity contribution in [2.24, 2.45) is 7.05 Å². The Bertz CT molecular complexity index is 656. The lowest BCUT2D eigenvalue weighted by Gasteiger charge is -2.23. The largest absolute Gasteiger partial charge is 0.380 e. The van der Waals surface area contributed by atoms with Crippen LogP contribution in [0.3, 0.4) is 0 Å². The number of rotatable bonds is 4. The van der Waals surface area contributed by atoms with E-state index in [0.29, 0.717) is 6.04 Å². The highest BCUT2D eigenvalue weighted by molar-refractivity contribution is 5.43. The van der Waals surface area contributed by atoms with Gasteiger partial charge in [0.1, 0.15) is 0 Å². The van der Waals surface area contributed by atoms with E-state index in [1.165, 1.54) is 11.3 Å². The number of para-hydroxylation sites is 1. The number of anilines is 1. The van der Waals surface area contributed by atoms with Gasteiger partial charge in [-0.2, -0.15) is 5.10 Å². The van der Waals surface area contributed by atoms with E-state index in [2.05, 4.69) is 45.8 Å². The summed E-state index contributed by atoms with van der Waals surface area (Å²) in [6, 6.07) is 10.8. The van der Waals surface area contributed by atoms with Gasteiger partial charge < -0.3 is 10.1 Å². The third-order valence-electron chi connectivity index (χ3n) is 4.91. The molecule has 122 valence electrons. The van der Waals surface area contributed by atoms with E-state index in [0.717, 1.165) is 39.1 Å². The highest BCUT2D eigenvalue weighted by Crippen LogP contribution is 2.36. The first-order chi connectivity index (χ1) is 11.2.